The van der Waals surface area contributed by atoms with Gasteiger partial charge in [-0.3, -0.25) is 0 Å². The minimum atomic E-state index is -0.635. The lowest BCUT2D eigenvalue weighted by atomic mass is 9.42. The van der Waals surface area contributed by atoms with Crippen LogP contribution in [0.2, 0.25) is 0 Å². The van der Waals surface area contributed by atoms with Crippen molar-refractivity contribution in [3.8, 4) is 11.1 Å². The van der Waals surface area contributed by atoms with Gasteiger partial charge in [-0.2, -0.15) is 0 Å². The van der Waals surface area contributed by atoms with E-state index in [2.05, 4.69) is 225 Å². The smallest absolute Gasteiger partial charge is 0.333 e. The summed E-state index contributed by atoms with van der Waals surface area (Å²) in [6.45, 7) is 9.51. The molecule has 0 unspecified atom stereocenters. The van der Waals surface area contributed by atoms with Crippen LogP contribution in [0.15, 0.2) is 197 Å². The van der Waals surface area contributed by atoms with E-state index in [1.54, 1.807) is 0 Å². The Bertz CT molecular complexity index is 3910. The van der Waals surface area contributed by atoms with Gasteiger partial charge in [-0.25, -0.2) is 0 Å². The maximum Gasteiger partial charge on any atom is 0.333 e. The van der Waals surface area contributed by atoms with Gasteiger partial charge in [-0.05, 0) is 122 Å². The van der Waals surface area contributed by atoms with E-state index in [1.165, 1.54) is 72.5 Å². The number of nitrogens with zero attached hydrogens (tertiary/aromatic N) is 2. The van der Waals surface area contributed by atoms with E-state index >= 15 is 0 Å². The van der Waals surface area contributed by atoms with E-state index in [9.17, 15) is 0 Å². The van der Waals surface area contributed by atoms with Crippen LogP contribution in [0.1, 0.15) is 73.9 Å². The molecule has 324 valence electrons. The molecule has 1 aliphatic carbocycles. The Kier molecular flexibility index (Phi) is 7.46. The molecule has 0 amide bonds. The molecule has 4 nitrogen and oxygen atoms in total. The topological polar surface area (TPSA) is 32.8 Å². The summed E-state index contributed by atoms with van der Waals surface area (Å²) in [5, 5.41) is 4.48. The zero-order valence-corrected chi connectivity index (χ0v) is 38.6. The molecule has 0 radical (unpaired) electrons. The third-order valence-corrected chi connectivity index (χ3v) is 16.6. The van der Waals surface area contributed by atoms with Crippen molar-refractivity contribution in [1.82, 2.24) is 0 Å². The normalized spacial score (nSPS) is 16.7. The highest BCUT2D eigenvalue weighted by molar-refractivity contribution is 6.94. The van der Waals surface area contributed by atoms with Crippen LogP contribution in [0, 0.1) is 0 Å². The van der Waals surface area contributed by atoms with Crippen LogP contribution < -0.4 is 20.6 Å². The summed E-state index contributed by atoms with van der Waals surface area (Å²) in [7, 11) is 0. The first-order valence-corrected chi connectivity index (χ1v) is 24.3. The van der Waals surface area contributed by atoms with Gasteiger partial charge in [-0.15, -0.1) is 0 Å². The van der Waals surface area contributed by atoms with Gasteiger partial charge >= 0.3 is 6.85 Å². The first-order valence-electron chi connectivity index (χ1n) is 24.3. The molecule has 15 rings (SSSR count). The van der Waals surface area contributed by atoms with Crippen molar-refractivity contribution < 1.29 is 8.83 Å². The van der Waals surface area contributed by atoms with E-state index < -0.39 is 5.41 Å². The van der Waals surface area contributed by atoms with Gasteiger partial charge < -0.3 is 18.5 Å². The SMILES string of the molecule is CC1(C)CCC(C)(C)c2cc(N3B4c5cccc6c5N(c5ccccc5C6(c5ccccc5)c5ccccc5)c5c4c(cc4c5oc5ccccc54)-c4c3ccc3oc5ccccc5c43)ccc21. The Labute approximate surface area is 396 Å². The molecule has 0 spiro atoms. The van der Waals surface area contributed by atoms with Crippen molar-refractivity contribution in [2.75, 3.05) is 9.71 Å². The lowest BCUT2D eigenvalue weighted by Gasteiger charge is -2.52. The molecule has 5 heteroatoms. The average molecular weight is 875 g/mol. The average Bonchev–Trinajstić information content (AvgIpc) is 3.95. The zero-order valence-electron chi connectivity index (χ0n) is 38.6. The van der Waals surface area contributed by atoms with Crippen LogP contribution in [-0.2, 0) is 16.2 Å². The molecule has 0 fully saturated rings. The second kappa shape index (κ2) is 13.2. The van der Waals surface area contributed by atoms with Gasteiger partial charge in [0, 0.05) is 44.2 Å². The van der Waals surface area contributed by atoms with Crippen LogP contribution >= 0.6 is 0 Å². The Morgan fingerprint density at radius 1 is 0.471 bits per heavy atom. The Balaban J connectivity index is 1.15. The predicted molar refractivity (Wildman–Crippen MR) is 282 cm³/mol. The van der Waals surface area contributed by atoms with Crippen molar-refractivity contribution in [2.24, 2.45) is 0 Å². The fourth-order valence-corrected chi connectivity index (χ4v) is 13.4. The minimum Gasteiger partial charge on any atom is -0.456 e. The molecule has 0 N–H and O–H groups in total. The molecule has 5 heterocycles. The van der Waals surface area contributed by atoms with Crippen LogP contribution in [0.5, 0.6) is 0 Å². The number of rotatable bonds is 3. The summed E-state index contributed by atoms with van der Waals surface area (Å²) in [6.07, 6.45) is 2.30. The Hall–Kier alpha value is -7.76. The second-order valence-electron chi connectivity index (χ2n) is 20.9. The van der Waals surface area contributed by atoms with E-state index in [0.717, 1.165) is 68.1 Å². The molecular formula is C63H47BN2O2. The molecule has 0 saturated heterocycles. The minimum absolute atomic E-state index is 0.0116. The van der Waals surface area contributed by atoms with Crippen molar-refractivity contribution in [3.63, 3.8) is 0 Å². The number of anilines is 5. The van der Waals surface area contributed by atoms with Crippen molar-refractivity contribution >= 4 is 90.1 Å². The van der Waals surface area contributed by atoms with Crippen LogP contribution in [-0.4, -0.2) is 6.85 Å². The molecule has 0 bridgehead atoms. The van der Waals surface area contributed by atoms with Gasteiger partial charge in [0.15, 0.2) is 5.58 Å². The van der Waals surface area contributed by atoms with E-state index in [4.69, 9.17) is 8.83 Å². The van der Waals surface area contributed by atoms with Crippen molar-refractivity contribution in [1.29, 1.82) is 0 Å². The Morgan fingerprint density at radius 3 is 1.88 bits per heavy atom. The maximum absolute atomic E-state index is 7.29. The van der Waals surface area contributed by atoms with Gasteiger partial charge in [0.2, 0.25) is 0 Å². The van der Waals surface area contributed by atoms with Crippen LogP contribution in [0.3, 0.4) is 0 Å². The van der Waals surface area contributed by atoms with Gasteiger partial charge in [-0.1, -0.05) is 167 Å². The number of para-hydroxylation sites is 4. The highest BCUT2D eigenvalue weighted by Gasteiger charge is 2.54. The third kappa shape index (κ3) is 4.76. The van der Waals surface area contributed by atoms with Crippen molar-refractivity contribution in [2.45, 2.75) is 56.8 Å². The standard InChI is InChI=1S/C63H47BN2O2/c1-61(2)34-35-62(3,4)48-36-40(30-31-45(48)61)66-51-32-33-54-56(42-23-12-16-29-53(42)67-54)55(51)44-37-43-41-22-11-15-28-52(41)68-60(43)59-57(44)64(66)49-26-17-25-47-58(49)65(59)50-27-14-13-24-46(50)63(47,38-18-7-5-8-19-38)39-20-9-6-10-21-39/h5-33,36-37H,34-35H2,1-4H3. The van der Waals surface area contributed by atoms with E-state index in [0.29, 0.717) is 0 Å². The molecule has 4 aliphatic rings. The van der Waals surface area contributed by atoms with Crippen LogP contribution in [0.25, 0.3) is 55.0 Å². The first kappa shape index (κ1) is 38.4. The molecule has 3 aliphatic heterocycles. The highest BCUT2D eigenvalue weighted by Crippen LogP contribution is 2.61. The molecule has 11 aromatic rings. The Morgan fingerprint density at radius 2 is 1.12 bits per heavy atom. The monoisotopic (exact) mass is 874 g/mol. The molecule has 2 aromatic heterocycles. The summed E-state index contributed by atoms with van der Waals surface area (Å²) < 4.78 is 14.1. The lowest BCUT2D eigenvalue weighted by molar-refractivity contribution is 0.332. The lowest BCUT2D eigenvalue weighted by Crippen LogP contribution is -2.62. The number of hydrogen-bond acceptors (Lipinski definition) is 4. The van der Waals surface area contributed by atoms with Crippen molar-refractivity contribution in [3.05, 3.63) is 221 Å². The first-order chi connectivity index (χ1) is 33.2. The third-order valence-electron chi connectivity index (χ3n) is 16.6. The molecule has 68 heavy (non-hydrogen) atoms. The summed E-state index contributed by atoms with van der Waals surface area (Å²) in [5.41, 5.74) is 21.6. The van der Waals surface area contributed by atoms with E-state index in [1.807, 2.05) is 0 Å². The number of hydrogen-bond donors (Lipinski definition) is 0. The molecular weight excluding hydrogens is 828 g/mol. The fraction of sp³-hybridized carbons (Fsp3) is 0.143. The van der Waals surface area contributed by atoms with Gasteiger partial charge in [0.25, 0.3) is 0 Å². The second-order valence-corrected chi connectivity index (χ2v) is 20.9. The predicted octanol–water partition coefficient (Wildman–Crippen LogP) is 15.2. The quantitative estimate of drug-likeness (QED) is 0.166. The maximum atomic E-state index is 7.29. The molecule has 0 atom stereocenters. The molecule has 9 aromatic carbocycles. The fourth-order valence-electron chi connectivity index (χ4n) is 13.4. The summed E-state index contributed by atoms with van der Waals surface area (Å²) >= 11 is 0. The van der Waals surface area contributed by atoms with E-state index in [-0.39, 0.29) is 17.7 Å². The highest BCUT2D eigenvalue weighted by atomic mass is 16.3. The zero-order chi connectivity index (χ0) is 45.3. The largest absolute Gasteiger partial charge is 0.456 e. The number of fused-ring (bicyclic) bond motifs is 15. The molecule has 0 saturated carbocycles. The number of furan rings is 2. The summed E-state index contributed by atoms with van der Waals surface area (Å²) in [6, 6.07) is 70.2. The van der Waals surface area contributed by atoms with Crippen LogP contribution in [0.4, 0.5) is 28.4 Å². The van der Waals surface area contributed by atoms with Gasteiger partial charge in [0.1, 0.15) is 16.7 Å². The van der Waals surface area contributed by atoms with Gasteiger partial charge in [0.05, 0.1) is 16.8 Å². The summed E-state index contributed by atoms with van der Waals surface area (Å²) in [5.74, 6) is 0. The summed E-state index contributed by atoms with van der Waals surface area (Å²) in [4.78, 5) is 5.29. The number of benzene rings is 9.